The zero-order valence-electron chi connectivity index (χ0n) is 27.2. The lowest BCUT2D eigenvalue weighted by atomic mass is 10.1. The van der Waals surface area contributed by atoms with E-state index in [1.165, 1.54) is 22.1 Å². The number of Topliss-reactive ketones (excluding diaryl/α,β-unsaturated/α-hetero) is 1. The SMILES string of the molecule is CC(=O)c1ccccc1.Cc1cc(-c2ccccc2)n(-c2nc(C(=O)O)cs2)n1.O=C(O)c1csc(-n2nc(-c3ccccc3)cc2C(F)(F)F)n1. The third kappa shape index (κ3) is 9.09. The first kappa shape index (κ1) is 37.0. The fourth-order valence-electron chi connectivity index (χ4n) is 4.53. The Morgan fingerprint density at radius 2 is 1.15 bits per heavy atom. The van der Waals surface area contributed by atoms with Crippen LogP contribution in [0, 0.1) is 6.92 Å². The summed E-state index contributed by atoms with van der Waals surface area (Å²) in [5, 5.41) is 29.2. The van der Waals surface area contributed by atoms with E-state index in [0.717, 1.165) is 39.9 Å². The molecular weight excluding hydrogens is 718 g/mol. The molecule has 0 aliphatic rings. The molecule has 0 unspecified atom stereocenters. The number of aromatic carboxylic acids is 2. The van der Waals surface area contributed by atoms with Gasteiger partial charge < -0.3 is 10.2 Å². The average molecular weight is 745 g/mol. The number of carboxylic acid groups (broad SMARTS) is 2. The van der Waals surface area contributed by atoms with Crippen molar-refractivity contribution in [2.24, 2.45) is 0 Å². The van der Waals surface area contributed by atoms with Gasteiger partial charge in [0.25, 0.3) is 0 Å². The third-order valence-electron chi connectivity index (χ3n) is 6.94. The van der Waals surface area contributed by atoms with E-state index in [1.54, 1.807) is 41.9 Å². The van der Waals surface area contributed by atoms with Crippen molar-refractivity contribution in [3.8, 4) is 32.8 Å². The molecule has 11 nitrogen and oxygen atoms in total. The van der Waals surface area contributed by atoms with E-state index < -0.39 is 23.8 Å². The molecule has 0 saturated carbocycles. The molecule has 2 N–H and O–H groups in total. The molecule has 0 spiro atoms. The molecule has 7 rings (SSSR count). The highest BCUT2D eigenvalue weighted by Crippen LogP contribution is 2.34. The lowest BCUT2D eigenvalue weighted by Gasteiger charge is -2.06. The number of hydrogen-bond donors (Lipinski definition) is 2. The normalized spacial score (nSPS) is 10.8. The number of thiazole rings is 2. The second-order valence-corrected chi connectivity index (χ2v) is 12.4. The van der Waals surface area contributed by atoms with Crippen molar-refractivity contribution in [1.29, 1.82) is 0 Å². The van der Waals surface area contributed by atoms with Gasteiger partial charge in [0.1, 0.15) is 0 Å². The van der Waals surface area contributed by atoms with Crippen LogP contribution in [0.4, 0.5) is 13.2 Å². The first-order chi connectivity index (χ1) is 24.8. The van der Waals surface area contributed by atoms with Gasteiger partial charge in [0.2, 0.25) is 10.3 Å². The Hall–Kier alpha value is -6.26. The lowest BCUT2D eigenvalue weighted by molar-refractivity contribution is -0.142. The van der Waals surface area contributed by atoms with Gasteiger partial charge in [0.15, 0.2) is 22.9 Å². The number of alkyl halides is 3. The zero-order chi connectivity index (χ0) is 37.4. The highest BCUT2D eigenvalue weighted by atomic mass is 32.1. The van der Waals surface area contributed by atoms with E-state index in [0.29, 0.717) is 15.4 Å². The molecule has 0 amide bonds. The molecule has 0 fully saturated rings. The Balaban J connectivity index is 0.000000164. The Bertz CT molecular complexity index is 2300. The minimum absolute atomic E-state index is 0.0390. The van der Waals surface area contributed by atoms with E-state index in [9.17, 15) is 27.6 Å². The minimum Gasteiger partial charge on any atom is -0.476 e. The molecule has 52 heavy (non-hydrogen) atoms. The molecule has 0 aliphatic carbocycles. The van der Waals surface area contributed by atoms with Crippen LogP contribution in [0.5, 0.6) is 0 Å². The number of aromatic nitrogens is 6. The monoisotopic (exact) mass is 744 g/mol. The van der Waals surface area contributed by atoms with Crippen molar-refractivity contribution in [2.75, 3.05) is 0 Å². The van der Waals surface area contributed by atoms with Crippen molar-refractivity contribution in [3.63, 3.8) is 0 Å². The molecule has 0 saturated heterocycles. The Kier molecular flexibility index (Phi) is 11.5. The van der Waals surface area contributed by atoms with Gasteiger partial charge in [-0.2, -0.15) is 23.4 Å². The average Bonchev–Trinajstić information content (AvgIpc) is 3.95. The van der Waals surface area contributed by atoms with E-state index in [2.05, 4.69) is 20.2 Å². The van der Waals surface area contributed by atoms with Gasteiger partial charge in [-0.05, 0) is 26.0 Å². The molecule has 0 aliphatic heterocycles. The molecule has 3 aromatic carbocycles. The zero-order valence-corrected chi connectivity index (χ0v) is 28.9. The minimum atomic E-state index is -4.64. The van der Waals surface area contributed by atoms with Gasteiger partial charge in [-0.3, -0.25) is 4.79 Å². The van der Waals surface area contributed by atoms with Gasteiger partial charge in [-0.25, -0.2) is 28.9 Å². The van der Waals surface area contributed by atoms with E-state index >= 15 is 0 Å². The van der Waals surface area contributed by atoms with Crippen LogP contribution in [-0.2, 0) is 6.18 Å². The number of carboxylic acids is 2. The van der Waals surface area contributed by atoms with Crippen molar-refractivity contribution in [2.45, 2.75) is 20.0 Å². The fourth-order valence-corrected chi connectivity index (χ4v) is 6.05. The molecule has 0 atom stereocenters. The second kappa shape index (κ2) is 16.2. The van der Waals surface area contributed by atoms with Crippen molar-refractivity contribution in [1.82, 2.24) is 29.5 Å². The highest BCUT2D eigenvalue weighted by molar-refractivity contribution is 7.12. The largest absolute Gasteiger partial charge is 0.476 e. The lowest BCUT2D eigenvalue weighted by Crippen LogP contribution is -2.13. The number of nitrogens with zero attached hydrogens (tertiary/aromatic N) is 6. The summed E-state index contributed by atoms with van der Waals surface area (Å²) in [7, 11) is 0. The second-order valence-electron chi connectivity index (χ2n) is 10.7. The first-order valence-electron chi connectivity index (χ1n) is 15.1. The summed E-state index contributed by atoms with van der Waals surface area (Å²) in [5.74, 6) is -2.22. The maximum Gasteiger partial charge on any atom is 0.433 e. The van der Waals surface area contributed by atoms with Crippen LogP contribution in [0.2, 0.25) is 0 Å². The highest BCUT2D eigenvalue weighted by Gasteiger charge is 2.37. The van der Waals surface area contributed by atoms with Gasteiger partial charge in [-0.1, -0.05) is 91.0 Å². The molecule has 264 valence electrons. The number of rotatable bonds is 7. The summed E-state index contributed by atoms with van der Waals surface area (Å²) in [6.07, 6.45) is -4.64. The molecule has 0 bridgehead atoms. The smallest absolute Gasteiger partial charge is 0.433 e. The number of halogens is 3. The Morgan fingerprint density at radius 3 is 1.60 bits per heavy atom. The summed E-state index contributed by atoms with van der Waals surface area (Å²) in [6, 6.07) is 30.3. The number of benzene rings is 3. The molecule has 0 radical (unpaired) electrons. The van der Waals surface area contributed by atoms with Gasteiger partial charge in [0, 0.05) is 27.5 Å². The summed E-state index contributed by atoms with van der Waals surface area (Å²) in [4.78, 5) is 40.2. The van der Waals surface area contributed by atoms with Crippen molar-refractivity contribution >= 4 is 40.4 Å². The third-order valence-corrected chi connectivity index (χ3v) is 8.57. The number of hydrogen-bond acceptors (Lipinski definition) is 9. The van der Waals surface area contributed by atoms with Gasteiger partial charge >= 0.3 is 18.1 Å². The van der Waals surface area contributed by atoms with Crippen LogP contribution >= 0.6 is 22.7 Å². The first-order valence-corrected chi connectivity index (χ1v) is 16.9. The molecule has 4 heterocycles. The fraction of sp³-hybridized carbons (Fsp3) is 0.0833. The van der Waals surface area contributed by atoms with E-state index in [1.807, 2.05) is 73.7 Å². The molecular formula is C36H27F3N6O5S2. The van der Waals surface area contributed by atoms with Gasteiger partial charge in [0.05, 0.1) is 17.1 Å². The molecule has 7 aromatic rings. The number of aryl methyl sites for hydroxylation is 1. The van der Waals surface area contributed by atoms with Crippen LogP contribution in [0.25, 0.3) is 32.8 Å². The molecule has 4 aromatic heterocycles. The van der Waals surface area contributed by atoms with Crippen LogP contribution in [-0.4, -0.2) is 57.5 Å². The van der Waals surface area contributed by atoms with Crippen LogP contribution in [0.1, 0.15) is 49.6 Å². The summed E-state index contributed by atoms with van der Waals surface area (Å²) in [6.45, 7) is 3.46. The number of ketones is 1. The van der Waals surface area contributed by atoms with Crippen molar-refractivity contribution < 1.29 is 37.8 Å². The maximum absolute atomic E-state index is 13.2. The topological polar surface area (TPSA) is 153 Å². The van der Waals surface area contributed by atoms with Gasteiger partial charge in [-0.15, -0.1) is 22.7 Å². The molecule has 16 heteroatoms. The van der Waals surface area contributed by atoms with Crippen molar-refractivity contribution in [3.05, 3.63) is 142 Å². The quantitative estimate of drug-likeness (QED) is 0.153. The summed E-state index contributed by atoms with van der Waals surface area (Å²) < 4.78 is 42.0. The van der Waals surface area contributed by atoms with Crippen LogP contribution < -0.4 is 0 Å². The summed E-state index contributed by atoms with van der Waals surface area (Å²) in [5.41, 5.74) is 2.90. The standard InChI is InChI=1S/C14H8F3N3O2S.C14H11N3O2S.C8H8O/c15-14(16,17)11-6-9(8-4-2-1-3-5-8)19-20(11)13-18-10(7-23-13)12(21)22;1-9-7-12(10-5-3-2-4-6-10)17(16-9)14-15-11(8-20-14)13(18)19;1-7(9)8-5-3-2-4-6-8/h1-7H,(H,21,22);2-8H,1H3,(H,18,19);2-6H,1H3. The summed E-state index contributed by atoms with van der Waals surface area (Å²) >= 11 is 2.04. The Labute approximate surface area is 301 Å². The Morgan fingerprint density at radius 1 is 0.673 bits per heavy atom. The van der Waals surface area contributed by atoms with Crippen LogP contribution in [0.3, 0.4) is 0 Å². The van der Waals surface area contributed by atoms with Crippen LogP contribution in [0.15, 0.2) is 114 Å². The maximum atomic E-state index is 13.2. The number of carbonyl (C=O) groups excluding carboxylic acids is 1. The predicted octanol–water partition coefficient (Wildman–Crippen LogP) is 8.60. The van der Waals surface area contributed by atoms with E-state index in [-0.39, 0.29) is 28.0 Å². The number of carbonyl (C=O) groups is 3. The van der Waals surface area contributed by atoms with E-state index in [4.69, 9.17) is 10.2 Å². The predicted molar refractivity (Wildman–Crippen MR) is 189 cm³/mol.